The molecule has 1 aliphatic rings. The maximum atomic E-state index is 13.3. The van der Waals surface area contributed by atoms with Gasteiger partial charge in [-0.15, -0.1) is 0 Å². The van der Waals surface area contributed by atoms with Gasteiger partial charge in [-0.2, -0.15) is 0 Å². The lowest BCUT2D eigenvalue weighted by Gasteiger charge is -2.33. The largest absolute Gasteiger partial charge is 0.481 e. The van der Waals surface area contributed by atoms with Crippen molar-refractivity contribution in [3.05, 3.63) is 59.7 Å². The molecule has 0 saturated heterocycles. The van der Waals surface area contributed by atoms with E-state index in [1.54, 1.807) is 18.2 Å². The van der Waals surface area contributed by atoms with Gasteiger partial charge in [0.2, 0.25) is 0 Å². The molecule has 2 aromatic carbocycles. The van der Waals surface area contributed by atoms with E-state index in [2.05, 4.69) is 5.32 Å². The Balaban J connectivity index is 1.97. The lowest BCUT2D eigenvalue weighted by molar-refractivity contribution is 0.176. The van der Waals surface area contributed by atoms with Gasteiger partial charge in [-0.05, 0) is 36.8 Å². The van der Waals surface area contributed by atoms with Crippen LogP contribution in [0.3, 0.4) is 0 Å². The molecule has 2 nitrogen and oxygen atoms in total. The number of nitrogens with one attached hydrogen (secondary N) is 1. The van der Waals surface area contributed by atoms with Crippen LogP contribution in [0.15, 0.2) is 42.5 Å². The van der Waals surface area contributed by atoms with Crippen molar-refractivity contribution in [3.8, 4) is 5.75 Å². The van der Waals surface area contributed by atoms with Gasteiger partial charge in [0.1, 0.15) is 23.5 Å². The average molecular weight is 261 g/mol. The molecule has 19 heavy (non-hydrogen) atoms. The van der Waals surface area contributed by atoms with Crippen molar-refractivity contribution < 1.29 is 13.5 Å². The third-order valence-electron chi connectivity index (χ3n) is 3.21. The van der Waals surface area contributed by atoms with Crippen molar-refractivity contribution in [1.29, 1.82) is 0 Å². The second kappa shape index (κ2) is 4.53. The average Bonchev–Trinajstić information content (AvgIpc) is 2.38. The number of benzene rings is 2. The summed E-state index contributed by atoms with van der Waals surface area (Å²) in [7, 11) is 0. The van der Waals surface area contributed by atoms with E-state index in [0.29, 0.717) is 5.75 Å². The number of hydrogen-bond acceptors (Lipinski definition) is 2. The van der Waals surface area contributed by atoms with Crippen LogP contribution in [0.1, 0.15) is 18.6 Å². The summed E-state index contributed by atoms with van der Waals surface area (Å²) in [6, 6.07) is 10.6. The topological polar surface area (TPSA) is 21.3 Å². The quantitative estimate of drug-likeness (QED) is 0.840. The molecule has 0 aromatic heterocycles. The lowest BCUT2D eigenvalue weighted by atomic mass is 10.0. The highest BCUT2D eigenvalue weighted by molar-refractivity contribution is 5.59. The van der Waals surface area contributed by atoms with Crippen LogP contribution in [0.5, 0.6) is 5.75 Å². The van der Waals surface area contributed by atoms with Crippen LogP contribution in [0.2, 0.25) is 0 Å². The smallest absolute Gasteiger partial charge is 0.146 e. The Hall–Kier alpha value is -2.10. The number of ether oxygens (including phenoxy) is 1. The zero-order valence-corrected chi connectivity index (χ0v) is 10.4. The fourth-order valence-corrected chi connectivity index (χ4v) is 2.31. The molecule has 1 N–H and O–H groups in total. The molecular formula is C15H13F2NO. The van der Waals surface area contributed by atoms with Gasteiger partial charge in [0, 0.05) is 6.07 Å². The van der Waals surface area contributed by atoms with Crippen LogP contribution in [0.4, 0.5) is 14.5 Å². The number of halogens is 2. The molecule has 0 spiro atoms. The standard InChI is InChI=1S/C15H13F2NO/c1-9-15(10-3-2-4-11(16)7-10)19-14-8-12(17)5-6-13(14)18-9/h2-9,15,18H,1H3. The third-order valence-corrected chi connectivity index (χ3v) is 3.21. The molecule has 0 aliphatic carbocycles. The van der Waals surface area contributed by atoms with E-state index in [1.807, 2.05) is 6.92 Å². The maximum absolute atomic E-state index is 13.3. The summed E-state index contributed by atoms with van der Waals surface area (Å²) in [5.74, 6) is -0.209. The Kier molecular flexibility index (Phi) is 2.85. The molecule has 0 fully saturated rings. The van der Waals surface area contributed by atoms with Crippen molar-refractivity contribution in [3.63, 3.8) is 0 Å². The Bertz CT molecular complexity index is 615. The minimum Gasteiger partial charge on any atom is -0.481 e. The number of hydrogen-bond donors (Lipinski definition) is 1. The molecule has 0 bridgehead atoms. The summed E-state index contributed by atoms with van der Waals surface area (Å²) in [4.78, 5) is 0. The van der Waals surface area contributed by atoms with E-state index in [1.165, 1.54) is 24.3 Å². The van der Waals surface area contributed by atoms with E-state index < -0.39 is 0 Å². The number of fused-ring (bicyclic) bond motifs is 1. The fourth-order valence-electron chi connectivity index (χ4n) is 2.31. The highest BCUT2D eigenvalue weighted by atomic mass is 19.1. The van der Waals surface area contributed by atoms with E-state index in [9.17, 15) is 8.78 Å². The third kappa shape index (κ3) is 2.26. The van der Waals surface area contributed by atoms with Gasteiger partial charge in [0.25, 0.3) is 0 Å². The molecule has 2 atom stereocenters. The summed E-state index contributed by atoms with van der Waals surface area (Å²) >= 11 is 0. The lowest BCUT2D eigenvalue weighted by Crippen LogP contribution is -2.32. The fraction of sp³-hybridized carbons (Fsp3) is 0.200. The van der Waals surface area contributed by atoms with Crippen LogP contribution in [-0.2, 0) is 0 Å². The molecule has 98 valence electrons. The molecule has 1 aliphatic heterocycles. The van der Waals surface area contributed by atoms with Crippen LogP contribution < -0.4 is 10.1 Å². The molecule has 4 heteroatoms. The first-order chi connectivity index (χ1) is 9.13. The Morgan fingerprint density at radius 2 is 1.84 bits per heavy atom. The molecular weight excluding hydrogens is 248 g/mol. The van der Waals surface area contributed by atoms with Gasteiger partial charge >= 0.3 is 0 Å². The van der Waals surface area contributed by atoms with Gasteiger partial charge in [-0.1, -0.05) is 12.1 Å². The van der Waals surface area contributed by atoms with Crippen molar-refractivity contribution >= 4 is 5.69 Å². The monoisotopic (exact) mass is 261 g/mol. The van der Waals surface area contributed by atoms with E-state index in [4.69, 9.17) is 4.74 Å². The van der Waals surface area contributed by atoms with Crippen LogP contribution >= 0.6 is 0 Å². The van der Waals surface area contributed by atoms with Gasteiger partial charge in [-0.3, -0.25) is 0 Å². The van der Waals surface area contributed by atoms with Gasteiger partial charge in [-0.25, -0.2) is 8.78 Å². The van der Waals surface area contributed by atoms with Crippen LogP contribution in [-0.4, -0.2) is 6.04 Å². The van der Waals surface area contributed by atoms with Crippen molar-refractivity contribution in [2.24, 2.45) is 0 Å². The molecule has 2 unspecified atom stereocenters. The SMILES string of the molecule is CC1Nc2ccc(F)cc2OC1c1cccc(F)c1. The predicted molar refractivity (Wildman–Crippen MR) is 69.3 cm³/mol. The first-order valence-electron chi connectivity index (χ1n) is 6.12. The van der Waals surface area contributed by atoms with Gasteiger partial charge < -0.3 is 10.1 Å². The van der Waals surface area contributed by atoms with Crippen molar-refractivity contribution in [2.45, 2.75) is 19.1 Å². The maximum Gasteiger partial charge on any atom is 0.146 e. The number of anilines is 1. The Morgan fingerprint density at radius 1 is 1.05 bits per heavy atom. The highest BCUT2D eigenvalue weighted by Crippen LogP contribution is 2.37. The molecule has 0 amide bonds. The number of rotatable bonds is 1. The van der Waals surface area contributed by atoms with Crippen molar-refractivity contribution in [1.82, 2.24) is 0 Å². The second-order valence-corrected chi connectivity index (χ2v) is 4.67. The molecule has 0 radical (unpaired) electrons. The Morgan fingerprint density at radius 3 is 2.63 bits per heavy atom. The summed E-state index contributed by atoms with van der Waals surface area (Å²) in [5, 5.41) is 3.24. The van der Waals surface area contributed by atoms with E-state index >= 15 is 0 Å². The van der Waals surface area contributed by atoms with Crippen molar-refractivity contribution in [2.75, 3.05) is 5.32 Å². The molecule has 0 saturated carbocycles. The second-order valence-electron chi connectivity index (χ2n) is 4.67. The minimum absolute atomic E-state index is 0.0280. The van der Waals surface area contributed by atoms with Gasteiger partial charge in [0.05, 0.1) is 11.7 Å². The summed E-state index contributed by atoms with van der Waals surface area (Å²) in [6.07, 6.45) is -0.343. The first kappa shape index (κ1) is 12.0. The summed E-state index contributed by atoms with van der Waals surface area (Å²) in [6.45, 7) is 1.95. The van der Waals surface area contributed by atoms with E-state index in [-0.39, 0.29) is 23.8 Å². The normalized spacial score (nSPS) is 21.2. The predicted octanol–water partition coefficient (Wildman–Crippen LogP) is 3.90. The minimum atomic E-state index is -0.354. The Labute approximate surface area is 110 Å². The first-order valence-corrected chi connectivity index (χ1v) is 6.12. The van der Waals surface area contributed by atoms with Crippen LogP contribution in [0.25, 0.3) is 0 Å². The van der Waals surface area contributed by atoms with Gasteiger partial charge in [0.15, 0.2) is 0 Å². The zero-order chi connectivity index (χ0) is 13.4. The van der Waals surface area contributed by atoms with Crippen LogP contribution in [0, 0.1) is 11.6 Å². The molecule has 2 aromatic rings. The highest BCUT2D eigenvalue weighted by Gasteiger charge is 2.28. The van der Waals surface area contributed by atoms with E-state index in [0.717, 1.165) is 11.3 Å². The summed E-state index contributed by atoms with van der Waals surface area (Å²) in [5.41, 5.74) is 1.48. The molecule has 1 heterocycles. The zero-order valence-electron chi connectivity index (χ0n) is 10.4. The molecule has 3 rings (SSSR count). The summed E-state index contributed by atoms with van der Waals surface area (Å²) < 4.78 is 32.3.